The Bertz CT molecular complexity index is 472. The Morgan fingerprint density at radius 1 is 1.21 bits per heavy atom. The SMILES string of the molecule is Cc1ccc(C(=O)NC(C)(C)CC(C)(C)C)c(F)c1. The predicted octanol–water partition coefficient (Wildman–Crippen LogP) is 4.08. The van der Waals surface area contributed by atoms with Gasteiger partial charge in [-0.1, -0.05) is 26.8 Å². The van der Waals surface area contributed by atoms with Gasteiger partial charge >= 0.3 is 0 Å². The molecule has 0 spiro atoms. The normalized spacial score (nSPS) is 12.4. The molecule has 0 aliphatic heterocycles. The lowest BCUT2D eigenvalue weighted by Crippen LogP contribution is -2.46. The molecule has 1 N–H and O–H groups in total. The molecule has 0 aromatic heterocycles. The summed E-state index contributed by atoms with van der Waals surface area (Å²) in [5.74, 6) is -0.823. The van der Waals surface area contributed by atoms with Gasteiger partial charge in [0.2, 0.25) is 0 Å². The molecule has 3 heteroatoms. The number of amides is 1. The summed E-state index contributed by atoms with van der Waals surface area (Å²) in [6, 6.07) is 4.66. The number of benzene rings is 1. The first-order chi connectivity index (χ1) is 8.50. The van der Waals surface area contributed by atoms with Crippen molar-refractivity contribution in [2.75, 3.05) is 0 Å². The Kier molecular flexibility index (Phi) is 4.39. The van der Waals surface area contributed by atoms with Gasteiger partial charge in [-0.15, -0.1) is 0 Å². The highest BCUT2D eigenvalue weighted by molar-refractivity contribution is 5.95. The van der Waals surface area contributed by atoms with Crippen LogP contribution in [-0.4, -0.2) is 11.4 Å². The zero-order valence-corrected chi connectivity index (χ0v) is 12.7. The Hall–Kier alpha value is -1.38. The molecule has 1 rings (SSSR count). The summed E-state index contributed by atoms with van der Waals surface area (Å²) in [6.07, 6.45) is 0.819. The van der Waals surface area contributed by atoms with Crippen molar-refractivity contribution in [2.45, 2.75) is 53.5 Å². The zero-order chi connectivity index (χ0) is 14.8. The fraction of sp³-hybridized carbons (Fsp3) is 0.562. The van der Waals surface area contributed by atoms with Crippen molar-refractivity contribution in [3.05, 3.63) is 35.1 Å². The standard InChI is InChI=1S/C16H24FNO/c1-11-7-8-12(13(17)9-11)14(19)18-16(5,6)10-15(2,3)4/h7-9H,10H2,1-6H3,(H,18,19). The molecule has 0 bridgehead atoms. The van der Waals surface area contributed by atoms with Gasteiger partial charge in [0.05, 0.1) is 5.56 Å². The summed E-state index contributed by atoms with van der Waals surface area (Å²) in [5.41, 5.74) is 0.644. The number of carbonyl (C=O) groups is 1. The van der Waals surface area contributed by atoms with Crippen LogP contribution in [0.1, 0.15) is 57.0 Å². The minimum Gasteiger partial charge on any atom is -0.347 e. The van der Waals surface area contributed by atoms with E-state index in [1.165, 1.54) is 12.1 Å². The van der Waals surface area contributed by atoms with Crippen LogP contribution >= 0.6 is 0 Å². The largest absolute Gasteiger partial charge is 0.347 e. The molecule has 0 aliphatic rings. The van der Waals surface area contributed by atoms with E-state index in [9.17, 15) is 9.18 Å². The van der Waals surface area contributed by atoms with Crippen molar-refractivity contribution < 1.29 is 9.18 Å². The average molecular weight is 265 g/mol. The van der Waals surface area contributed by atoms with Gasteiger partial charge in [-0.3, -0.25) is 4.79 Å². The quantitative estimate of drug-likeness (QED) is 0.876. The number of carbonyl (C=O) groups excluding carboxylic acids is 1. The third-order valence-electron chi connectivity index (χ3n) is 2.79. The molecule has 0 atom stereocenters. The summed E-state index contributed by atoms with van der Waals surface area (Å²) in [4.78, 5) is 12.1. The Labute approximate surface area is 115 Å². The third kappa shape index (κ3) is 5.01. The highest BCUT2D eigenvalue weighted by atomic mass is 19.1. The lowest BCUT2D eigenvalue weighted by atomic mass is 9.81. The molecule has 1 aromatic carbocycles. The van der Waals surface area contributed by atoms with Crippen molar-refractivity contribution in [3.63, 3.8) is 0 Å². The zero-order valence-electron chi connectivity index (χ0n) is 12.7. The number of rotatable bonds is 3. The molecule has 2 nitrogen and oxygen atoms in total. The minimum absolute atomic E-state index is 0.0998. The lowest BCUT2D eigenvalue weighted by molar-refractivity contribution is 0.0887. The van der Waals surface area contributed by atoms with Crippen LogP contribution in [0.3, 0.4) is 0 Å². The number of nitrogens with one attached hydrogen (secondary N) is 1. The molecule has 0 fully saturated rings. The molecule has 1 aromatic rings. The number of aryl methyl sites for hydroxylation is 1. The topological polar surface area (TPSA) is 29.1 Å². The van der Waals surface area contributed by atoms with E-state index in [1.54, 1.807) is 13.0 Å². The van der Waals surface area contributed by atoms with Crippen LogP contribution in [0.5, 0.6) is 0 Å². The molecule has 0 heterocycles. The van der Waals surface area contributed by atoms with E-state index < -0.39 is 5.82 Å². The van der Waals surface area contributed by atoms with Crippen molar-refractivity contribution in [1.82, 2.24) is 5.32 Å². The van der Waals surface area contributed by atoms with Gasteiger partial charge in [0, 0.05) is 5.54 Å². The van der Waals surface area contributed by atoms with E-state index in [4.69, 9.17) is 0 Å². The Balaban J connectivity index is 2.84. The molecular formula is C16H24FNO. The highest BCUT2D eigenvalue weighted by Gasteiger charge is 2.28. The molecule has 0 saturated carbocycles. The van der Waals surface area contributed by atoms with Crippen LogP contribution < -0.4 is 5.32 Å². The second-order valence-electron chi connectivity index (χ2n) is 7.06. The van der Waals surface area contributed by atoms with E-state index in [0.29, 0.717) is 0 Å². The van der Waals surface area contributed by atoms with Gasteiger partial charge in [0.15, 0.2) is 0 Å². The van der Waals surface area contributed by atoms with Crippen LogP contribution in [0.2, 0.25) is 0 Å². The molecule has 0 aliphatic carbocycles. The van der Waals surface area contributed by atoms with Gasteiger partial charge in [-0.05, 0) is 50.3 Å². The van der Waals surface area contributed by atoms with Crippen molar-refractivity contribution in [2.24, 2.45) is 5.41 Å². The number of hydrogen-bond donors (Lipinski definition) is 1. The molecule has 0 saturated heterocycles. The molecule has 1 amide bonds. The van der Waals surface area contributed by atoms with Crippen LogP contribution in [-0.2, 0) is 0 Å². The molecular weight excluding hydrogens is 241 g/mol. The third-order valence-corrected chi connectivity index (χ3v) is 2.79. The van der Waals surface area contributed by atoms with Crippen LogP contribution in [0.4, 0.5) is 4.39 Å². The van der Waals surface area contributed by atoms with E-state index in [0.717, 1.165) is 12.0 Å². The number of hydrogen-bond acceptors (Lipinski definition) is 1. The predicted molar refractivity (Wildman–Crippen MR) is 76.8 cm³/mol. The smallest absolute Gasteiger partial charge is 0.254 e. The fourth-order valence-electron chi connectivity index (χ4n) is 2.55. The van der Waals surface area contributed by atoms with Gasteiger partial charge < -0.3 is 5.32 Å². The first kappa shape index (κ1) is 15.7. The van der Waals surface area contributed by atoms with E-state index in [1.807, 2.05) is 13.8 Å². The van der Waals surface area contributed by atoms with Gasteiger partial charge in [-0.25, -0.2) is 4.39 Å². The van der Waals surface area contributed by atoms with Crippen molar-refractivity contribution >= 4 is 5.91 Å². The van der Waals surface area contributed by atoms with E-state index in [-0.39, 0.29) is 22.4 Å². The maximum Gasteiger partial charge on any atom is 0.254 e. The summed E-state index contributed by atoms with van der Waals surface area (Å²) in [6.45, 7) is 12.1. The molecule has 19 heavy (non-hydrogen) atoms. The first-order valence-corrected chi connectivity index (χ1v) is 6.59. The van der Waals surface area contributed by atoms with Crippen molar-refractivity contribution in [1.29, 1.82) is 0 Å². The second kappa shape index (κ2) is 5.32. The van der Waals surface area contributed by atoms with Gasteiger partial charge in [0.1, 0.15) is 5.82 Å². The monoisotopic (exact) mass is 265 g/mol. The summed E-state index contributed by atoms with van der Waals surface area (Å²) >= 11 is 0. The van der Waals surface area contributed by atoms with Gasteiger partial charge in [-0.2, -0.15) is 0 Å². The van der Waals surface area contributed by atoms with Crippen LogP contribution in [0.25, 0.3) is 0 Å². The maximum atomic E-state index is 13.8. The first-order valence-electron chi connectivity index (χ1n) is 6.59. The van der Waals surface area contributed by atoms with Gasteiger partial charge in [0.25, 0.3) is 5.91 Å². The molecule has 106 valence electrons. The highest BCUT2D eigenvalue weighted by Crippen LogP contribution is 2.27. The minimum atomic E-state index is -0.468. The second-order valence-corrected chi connectivity index (χ2v) is 7.06. The molecule has 0 radical (unpaired) electrons. The average Bonchev–Trinajstić information content (AvgIpc) is 2.11. The fourth-order valence-corrected chi connectivity index (χ4v) is 2.55. The summed E-state index contributed by atoms with van der Waals surface area (Å²) in [7, 11) is 0. The summed E-state index contributed by atoms with van der Waals surface area (Å²) in [5, 5.41) is 2.91. The Morgan fingerprint density at radius 3 is 2.26 bits per heavy atom. The van der Waals surface area contributed by atoms with E-state index >= 15 is 0 Å². The Morgan fingerprint density at radius 2 is 1.79 bits per heavy atom. The van der Waals surface area contributed by atoms with Crippen molar-refractivity contribution in [3.8, 4) is 0 Å². The molecule has 0 unspecified atom stereocenters. The summed E-state index contributed by atoms with van der Waals surface area (Å²) < 4.78 is 13.8. The number of halogens is 1. The van der Waals surface area contributed by atoms with E-state index in [2.05, 4.69) is 26.1 Å². The maximum absolute atomic E-state index is 13.8. The lowest BCUT2D eigenvalue weighted by Gasteiger charge is -2.33. The van der Waals surface area contributed by atoms with Crippen LogP contribution in [0, 0.1) is 18.2 Å². The van der Waals surface area contributed by atoms with Crippen LogP contribution in [0.15, 0.2) is 18.2 Å².